The molecule has 180 valence electrons. The van der Waals surface area contributed by atoms with Crippen molar-refractivity contribution in [2.24, 2.45) is 0 Å². The van der Waals surface area contributed by atoms with Crippen molar-refractivity contribution < 1.29 is 24.2 Å². The Kier molecular flexibility index (Phi) is 10.9. The topological polar surface area (TPSA) is 84.9 Å². The van der Waals surface area contributed by atoms with Gasteiger partial charge in [-0.2, -0.15) is 0 Å². The van der Waals surface area contributed by atoms with Crippen molar-refractivity contribution in [1.82, 2.24) is 5.32 Å². The largest absolute Gasteiger partial charge is 0.494 e. The molecule has 2 aromatic rings. The van der Waals surface area contributed by atoms with Gasteiger partial charge in [-0.15, -0.1) is 0 Å². The lowest BCUT2D eigenvalue weighted by Crippen LogP contribution is -2.43. The normalized spacial score (nSPS) is 12.2. The number of carboxylic acid groups (broad SMARTS) is 1. The van der Waals surface area contributed by atoms with Crippen molar-refractivity contribution in [2.45, 2.75) is 70.9 Å². The Labute approximate surface area is 197 Å². The van der Waals surface area contributed by atoms with E-state index in [1.165, 1.54) is 5.56 Å². The van der Waals surface area contributed by atoms with Gasteiger partial charge in [-0.3, -0.25) is 14.9 Å². The number of hydrogen-bond donors (Lipinski definition) is 2. The number of aryl methyl sites for hydroxylation is 2. The third-order valence-corrected chi connectivity index (χ3v) is 5.06. The number of carbonyl (C=O) groups excluding carboxylic acids is 1. The van der Waals surface area contributed by atoms with Crippen LogP contribution in [0.2, 0.25) is 0 Å². The van der Waals surface area contributed by atoms with Crippen LogP contribution in [0, 0.1) is 0 Å². The van der Waals surface area contributed by atoms with Crippen LogP contribution in [0.15, 0.2) is 54.6 Å². The summed E-state index contributed by atoms with van der Waals surface area (Å²) in [5, 5.41) is 11.7. The van der Waals surface area contributed by atoms with Crippen LogP contribution in [0.3, 0.4) is 0 Å². The lowest BCUT2D eigenvalue weighted by atomic mass is 10.0. The van der Waals surface area contributed by atoms with Gasteiger partial charge in [-0.05, 0) is 82.6 Å². The fourth-order valence-electron chi connectivity index (χ4n) is 3.39. The quantitative estimate of drug-likeness (QED) is 0.315. The zero-order chi connectivity index (χ0) is 24.1. The minimum absolute atomic E-state index is 0.290. The first kappa shape index (κ1) is 26.4. The molecule has 0 saturated carbocycles. The van der Waals surface area contributed by atoms with E-state index in [-0.39, 0.29) is 6.54 Å². The van der Waals surface area contributed by atoms with Crippen molar-refractivity contribution >= 4 is 11.9 Å². The van der Waals surface area contributed by atoms with Crippen LogP contribution in [0.5, 0.6) is 5.75 Å². The molecule has 0 bridgehead atoms. The van der Waals surface area contributed by atoms with E-state index >= 15 is 0 Å². The second-order valence-electron chi connectivity index (χ2n) is 9.19. The first-order chi connectivity index (χ1) is 15.7. The molecule has 1 unspecified atom stereocenters. The van der Waals surface area contributed by atoms with E-state index in [4.69, 9.17) is 14.6 Å². The van der Waals surface area contributed by atoms with Crippen molar-refractivity contribution in [2.75, 3.05) is 13.2 Å². The van der Waals surface area contributed by atoms with Crippen molar-refractivity contribution in [3.8, 4) is 5.75 Å². The second-order valence-corrected chi connectivity index (χ2v) is 9.19. The highest BCUT2D eigenvalue weighted by atomic mass is 16.6. The Balaban J connectivity index is 1.72. The number of carbonyl (C=O) groups is 2. The van der Waals surface area contributed by atoms with E-state index in [0.29, 0.717) is 19.4 Å². The van der Waals surface area contributed by atoms with Crippen molar-refractivity contribution in [1.29, 1.82) is 0 Å². The number of nitrogens with one attached hydrogen (secondary N) is 1. The van der Waals surface area contributed by atoms with Crippen LogP contribution < -0.4 is 10.1 Å². The van der Waals surface area contributed by atoms with E-state index in [0.717, 1.165) is 37.0 Å². The molecule has 0 aliphatic heterocycles. The number of ether oxygens (including phenoxy) is 2. The molecule has 2 N–H and O–H groups in total. The molecular formula is C27H37NO5. The molecular weight excluding hydrogens is 418 g/mol. The van der Waals surface area contributed by atoms with Gasteiger partial charge >= 0.3 is 11.9 Å². The molecule has 0 fully saturated rings. The summed E-state index contributed by atoms with van der Waals surface area (Å²) in [4.78, 5) is 23.3. The molecule has 0 amide bonds. The number of carboxylic acids is 1. The monoisotopic (exact) mass is 455 g/mol. The van der Waals surface area contributed by atoms with Gasteiger partial charge in [0, 0.05) is 0 Å². The molecule has 1 atom stereocenters. The van der Waals surface area contributed by atoms with E-state index in [1.54, 1.807) is 20.8 Å². The fraction of sp³-hybridized carbons (Fsp3) is 0.481. The van der Waals surface area contributed by atoms with Gasteiger partial charge < -0.3 is 14.6 Å². The van der Waals surface area contributed by atoms with Gasteiger partial charge in [0.25, 0.3) is 0 Å². The average Bonchev–Trinajstić information content (AvgIpc) is 2.76. The summed E-state index contributed by atoms with van der Waals surface area (Å²) in [7, 11) is 0. The van der Waals surface area contributed by atoms with Gasteiger partial charge in [-0.25, -0.2) is 0 Å². The Morgan fingerprint density at radius 2 is 1.58 bits per heavy atom. The maximum absolute atomic E-state index is 12.4. The summed E-state index contributed by atoms with van der Waals surface area (Å²) in [5.74, 6) is -0.615. The second kappa shape index (κ2) is 13.6. The van der Waals surface area contributed by atoms with Gasteiger partial charge in [0.2, 0.25) is 0 Å². The van der Waals surface area contributed by atoms with Crippen LogP contribution in [-0.4, -0.2) is 41.8 Å². The molecule has 6 heteroatoms. The smallest absolute Gasteiger partial charge is 0.323 e. The zero-order valence-electron chi connectivity index (χ0n) is 20.0. The predicted molar refractivity (Wildman–Crippen MR) is 130 cm³/mol. The van der Waals surface area contributed by atoms with Gasteiger partial charge in [0.1, 0.15) is 17.4 Å². The molecule has 0 radical (unpaired) electrons. The number of esters is 1. The Bertz CT molecular complexity index is 843. The first-order valence-electron chi connectivity index (χ1n) is 11.7. The maximum Gasteiger partial charge on any atom is 0.323 e. The number of hydrogen-bond acceptors (Lipinski definition) is 5. The van der Waals surface area contributed by atoms with Crippen LogP contribution >= 0.6 is 0 Å². The molecule has 2 aromatic carbocycles. The summed E-state index contributed by atoms with van der Waals surface area (Å²) in [6, 6.07) is 17.7. The summed E-state index contributed by atoms with van der Waals surface area (Å²) in [6.07, 6.45) is 5.46. The zero-order valence-corrected chi connectivity index (χ0v) is 20.0. The molecule has 33 heavy (non-hydrogen) atoms. The Morgan fingerprint density at radius 3 is 2.21 bits per heavy atom. The molecule has 0 aliphatic rings. The minimum Gasteiger partial charge on any atom is -0.494 e. The lowest BCUT2D eigenvalue weighted by Gasteiger charge is -2.24. The third kappa shape index (κ3) is 11.5. The van der Waals surface area contributed by atoms with Crippen LogP contribution in [-0.2, 0) is 27.2 Å². The lowest BCUT2D eigenvalue weighted by molar-refractivity contribution is -0.157. The predicted octanol–water partition coefficient (Wildman–Crippen LogP) is 4.80. The number of benzene rings is 2. The minimum atomic E-state index is -1.01. The molecule has 0 aliphatic carbocycles. The molecule has 2 rings (SSSR count). The van der Waals surface area contributed by atoms with Crippen molar-refractivity contribution in [3.63, 3.8) is 0 Å². The fourth-order valence-corrected chi connectivity index (χ4v) is 3.39. The van der Waals surface area contributed by atoms with E-state index < -0.39 is 23.6 Å². The average molecular weight is 456 g/mol. The standard InChI is InChI=1S/C27H37NO5/c1-27(2,3)33-26(31)24(28-20-25(29)30)18-15-22-13-16-23(17-14-22)32-19-9-5-8-12-21-10-6-4-7-11-21/h4,6-7,10-11,13-14,16-17,24,28H,5,8-9,12,15,18-20H2,1-3H3,(H,29,30). The summed E-state index contributed by atoms with van der Waals surface area (Å²) >= 11 is 0. The van der Waals surface area contributed by atoms with Gasteiger partial charge in [0.05, 0.1) is 13.2 Å². The molecule has 0 saturated heterocycles. The van der Waals surface area contributed by atoms with E-state index in [1.807, 2.05) is 30.3 Å². The Morgan fingerprint density at radius 1 is 0.909 bits per heavy atom. The van der Waals surface area contributed by atoms with Crippen molar-refractivity contribution in [3.05, 3.63) is 65.7 Å². The molecule has 6 nitrogen and oxygen atoms in total. The molecule has 0 heterocycles. The first-order valence-corrected chi connectivity index (χ1v) is 11.7. The van der Waals surface area contributed by atoms with E-state index in [2.05, 4.69) is 29.6 Å². The number of rotatable bonds is 14. The van der Waals surface area contributed by atoms with Crippen LogP contribution in [0.1, 0.15) is 57.6 Å². The van der Waals surface area contributed by atoms with Crippen LogP contribution in [0.4, 0.5) is 0 Å². The van der Waals surface area contributed by atoms with Crippen LogP contribution in [0.25, 0.3) is 0 Å². The maximum atomic E-state index is 12.4. The molecule has 0 spiro atoms. The number of unbranched alkanes of at least 4 members (excludes halogenated alkanes) is 2. The highest BCUT2D eigenvalue weighted by molar-refractivity contribution is 5.77. The summed E-state index contributed by atoms with van der Waals surface area (Å²) in [5.41, 5.74) is 1.80. The third-order valence-electron chi connectivity index (χ3n) is 5.06. The number of aliphatic carboxylic acids is 1. The summed E-state index contributed by atoms with van der Waals surface area (Å²) < 4.78 is 11.3. The summed E-state index contributed by atoms with van der Waals surface area (Å²) in [6.45, 7) is 5.78. The van der Waals surface area contributed by atoms with E-state index in [9.17, 15) is 9.59 Å². The highest BCUT2D eigenvalue weighted by Crippen LogP contribution is 2.16. The highest BCUT2D eigenvalue weighted by Gasteiger charge is 2.25. The molecule has 0 aromatic heterocycles. The van der Waals surface area contributed by atoms with Gasteiger partial charge in [-0.1, -0.05) is 42.5 Å². The Hall–Kier alpha value is -2.86. The SMILES string of the molecule is CC(C)(C)OC(=O)C(CCc1ccc(OCCCCCc2ccccc2)cc1)NCC(=O)O. The van der Waals surface area contributed by atoms with Gasteiger partial charge in [0.15, 0.2) is 0 Å².